The molecule has 0 radical (unpaired) electrons. The van der Waals surface area contributed by atoms with Crippen LogP contribution >= 0.6 is 0 Å². The van der Waals surface area contributed by atoms with Crippen LogP contribution in [0, 0.1) is 0 Å². The minimum Gasteiger partial charge on any atom is -0.434 e. The summed E-state index contributed by atoms with van der Waals surface area (Å²) >= 11 is 0. The lowest BCUT2D eigenvalue weighted by molar-refractivity contribution is -0.134. The van der Waals surface area contributed by atoms with Gasteiger partial charge in [-0.15, -0.1) is 0 Å². The number of carbonyl (C=O) groups is 2. The summed E-state index contributed by atoms with van der Waals surface area (Å²) < 4.78 is 5.64. The van der Waals surface area contributed by atoms with Gasteiger partial charge in [-0.1, -0.05) is 60.7 Å². The van der Waals surface area contributed by atoms with Gasteiger partial charge in [-0.25, -0.2) is 4.98 Å². The predicted molar refractivity (Wildman–Crippen MR) is 128 cm³/mol. The summed E-state index contributed by atoms with van der Waals surface area (Å²) in [5.74, 6) is 0.552. The minimum atomic E-state index is -0.531. The van der Waals surface area contributed by atoms with Crippen molar-refractivity contribution in [2.24, 2.45) is 5.73 Å². The Kier molecular flexibility index (Phi) is 6.20. The SMILES string of the molecule is C[C@H](N)c1ncc(C(=O)N2C[C@@H](c3ccccc3)C[C@H]2C(=O)N2CC[C@H](c3ccccc3)C2)o1. The third kappa shape index (κ3) is 4.35. The fourth-order valence-corrected chi connectivity index (χ4v) is 5.17. The monoisotopic (exact) mass is 458 g/mol. The molecule has 0 unspecified atom stereocenters. The van der Waals surface area contributed by atoms with Gasteiger partial charge in [0, 0.05) is 31.5 Å². The van der Waals surface area contributed by atoms with E-state index in [-0.39, 0.29) is 23.5 Å². The quantitative estimate of drug-likeness (QED) is 0.629. The third-order valence-corrected chi connectivity index (χ3v) is 7.01. The summed E-state index contributed by atoms with van der Waals surface area (Å²) in [5.41, 5.74) is 8.24. The molecule has 2 aliphatic rings. The Labute approximate surface area is 199 Å². The first-order valence-electron chi connectivity index (χ1n) is 11.9. The van der Waals surface area contributed by atoms with E-state index in [0.29, 0.717) is 37.9 Å². The van der Waals surface area contributed by atoms with Crippen molar-refractivity contribution in [2.45, 2.75) is 43.7 Å². The molecule has 3 heterocycles. The molecule has 4 atom stereocenters. The minimum absolute atomic E-state index is 0.0112. The maximum atomic E-state index is 13.7. The van der Waals surface area contributed by atoms with Gasteiger partial charge in [-0.3, -0.25) is 9.59 Å². The van der Waals surface area contributed by atoms with E-state index in [1.54, 1.807) is 11.8 Å². The van der Waals surface area contributed by atoms with E-state index in [4.69, 9.17) is 10.2 Å². The summed E-state index contributed by atoms with van der Waals surface area (Å²) in [5, 5.41) is 0. The molecule has 2 saturated heterocycles. The normalized spacial score (nSPS) is 23.3. The number of carbonyl (C=O) groups excluding carboxylic acids is 2. The van der Waals surface area contributed by atoms with Crippen molar-refractivity contribution in [1.29, 1.82) is 0 Å². The second-order valence-corrected chi connectivity index (χ2v) is 9.35. The van der Waals surface area contributed by atoms with E-state index < -0.39 is 12.1 Å². The molecule has 0 aliphatic carbocycles. The van der Waals surface area contributed by atoms with Crippen LogP contribution in [0.15, 0.2) is 71.3 Å². The molecule has 0 spiro atoms. The first-order chi connectivity index (χ1) is 16.5. The van der Waals surface area contributed by atoms with Gasteiger partial charge in [-0.05, 0) is 30.9 Å². The van der Waals surface area contributed by atoms with Gasteiger partial charge < -0.3 is 20.0 Å². The summed E-state index contributed by atoms with van der Waals surface area (Å²) in [6.07, 6.45) is 2.94. The van der Waals surface area contributed by atoms with Gasteiger partial charge >= 0.3 is 0 Å². The van der Waals surface area contributed by atoms with Crippen LogP contribution in [0.5, 0.6) is 0 Å². The van der Waals surface area contributed by atoms with Crippen molar-refractivity contribution in [1.82, 2.24) is 14.8 Å². The van der Waals surface area contributed by atoms with Gasteiger partial charge in [0.25, 0.3) is 5.91 Å². The highest BCUT2D eigenvalue weighted by Gasteiger charge is 2.44. The maximum Gasteiger partial charge on any atom is 0.291 e. The Morgan fingerprint density at radius 3 is 2.26 bits per heavy atom. The molecule has 7 nitrogen and oxygen atoms in total. The summed E-state index contributed by atoms with van der Waals surface area (Å²) in [6.45, 7) is 3.59. The van der Waals surface area contributed by atoms with Crippen LogP contribution in [0.25, 0.3) is 0 Å². The summed E-state index contributed by atoms with van der Waals surface area (Å²) in [6, 6.07) is 19.5. The van der Waals surface area contributed by atoms with E-state index in [2.05, 4.69) is 29.2 Å². The smallest absolute Gasteiger partial charge is 0.291 e. The number of rotatable bonds is 5. The summed E-state index contributed by atoms with van der Waals surface area (Å²) in [7, 11) is 0. The highest BCUT2D eigenvalue weighted by molar-refractivity contribution is 5.96. The predicted octanol–water partition coefficient (Wildman–Crippen LogP) is 3.71. The van der Waals surface area contributed by atoms with Gasteiger partial charge in [0.15, 0.2) is 0 Å². The van der Waals surface area contributed by atoms with Gasteiger partial charge in [-0.2, -0.15) is 0 Å². The van der Waals surface area contributed by atoms with Crippen molar-refractivity contribution in [3.8, 4) is 0 Å². The van der Waals surface area contributed by atoms with E-state index in [0.717, 1.165) is 12.0 Å². The molecule has 2 N–H and O–H groups in total. The lowest BCUT2D eigenvalue weighted by atomic mass is 9.96. The highest BCUT2D eigenvalue weighted by atomic mass is 16.4. The second-order valence-electron chi connectivity index (χ2n) is 9.35. The largest absolute Gasteiger partial charge is 0.434 e. The molecule has 2 aliphatic heterocycles. The van der Waals surface area contributed by atoms with E-state index in [1.165, 1.54) is 11.8 Å². The van der Waals surface area contributed by atoms with Crippen LogP contribution in [0.4, 0.5) is 0 Å². The Balaban J connectivity index is 1.38. The Bertz CT molecular complexity index is 1140. The summed E-state index contributed by atoms with van der Waals surface area (Å²) in [4.78, 5) is 34.9. The molecule has 176 valence electrons. The number of nitrogens with zero attached hydrogens (tertiary/aromatic N) is 3. The number of likely N-dealkylation sites (tertiary alicyclic amines) is 2. The first-order valence-corrected chi connectivity index (χ1v) is 11.9. The van der Waals surface area contributed by atoms with Crippen LogP contribution in [-0.4, -0.2) is 52.3 Å². The van der Waals surface area contributed by atoms with Crippen LogP contribution in [0.1, 0.15) is 65.2 Å². The lowest BCUT2D eigenvalue weighted by Gasteiger charge is -2.27. The van der Waals surface area contributed by atoms with E-state index >= 15 is 0 Å². The maximum absolute atomic E-state index is 13.7. The van der Waals surface area contributed by atoms with Crippen molar-refractivity contribution in [3.63, 3.8) is 0 Å². The number of amides is 2. The number of hydrogen-bond donors (Lipinski definition) is 1. The molecular weight excluding hydrogens is 428 g/mol. The molecule has 7 heteroatoms. The molecule has 2 amide bonds. The molecule has 2 fully saturated rings. The van der Waals surface area contributed by atoms with Crippen molar-refractivity contribution >= 4 is 11.8 Å². The van der Waals surface area contributed by atoms with Crippen LogP contribution < -0.4 is 5.73 Å². The lowest BCUT2D eigenvalue weighted by Crippen LogP contribution is -2.47. The second kappa shape index (κ2) is 9.43. The Morgan fingerprint density at radius 1 is 1.00 bits per heavy atom. The van der Waals surface area contributed by atoms with E-state index in [1.807, 2.05) is 41.3 Å². The molecule has 1 aromatic heterocycles. The Hall–Kier alpha value is -3.45. The number of oxazole rings is 1. The average molecular weight is 459 g/mol. The molecule has 0 bridgehead atoms. The number of benzene rings is 2. The molecule has 0 saturated carbocycles. The van der Waals surface area contributed by atoms with Gasteiger partial charge in [0.05, 0.1) is 12.2 Å². The van der Waals surface area contributed by atoms with Gasteiger partial charge in [0.2, 0.25) is 17.6 Å². The van der Waals surface area contributed by atoms with E-state index in [9.17, 15) is 9.59 Å². The molecular formula is C27H30N4O3. The number of nitrogens with two attached hydrogens (primary N) is 1. The molecule has 34 heavy (non-hydrogen) atoms. The Morgan fingerprint density at radius 2 is 1.65 bits per heavy atom. The standard InChI is InChI=1S/C27H30N4O3/c1-18(28)25-29-15-24(34-25)27(33)31-17-22(20-10-6-3-7-11-20)14-23(31)26(32)30-13-12-21(16-30)19-8-4-2-5-9-19/h2-11,15,18,21-23H,12-14,16-17,28H2,1H3/t18-,21-,22-,23-/m0/s1. The fourth-order valence-electron chi connectivity index (χ4n) is 5.17. The zero-order valence-electron chi connectivity index (χ0n) is 19.3. The zero-order chi connectivity index (χ0) is 23.7. The molecule has 3 aromatic rings. The highest BCUT2D eigenvalue weighted by Crippen LogP contribution is 2.36. The van der Waals surface area contributed by atoms with Crippen LogP contribution in [-0.2, 0) is 4.79 Å². The number of aromatic nitrogens is 1. The van der Waals surface area contributed by atoms with Crippen molar-refractivity contribution < 1.29 is 14.0 Å². The van der Waals surface area contributed by atoms with Crippen LogP contribution in [0.3, 0.4) is 0 Å². The van der Waals surface area contributed by atoms with Crippen molar-refractivity contribution in [2.75, 3.05) is 19.6 Å². The fraction of sp³-hybridized carbons (Fsp3) is 0.370. The molecule has 5 rings (SSSR count). The first kappa shape index (κ1) is 22.3. The average Bonchev–Trinajstić information content (AvgIpc) is 3.64. The topological polar surface area (TPSA) is 92.7 Å². The zero-order valence-corrected chi connectivity index (χ0v) is 19.3. The van der Waals surface area contributed by atoms with Crippen LogP contribution in [0.2, 0.25) is 0 Å². The van der Waals surface area contributed by atoms with Gasteiger partial charge in [0.1, 0.15) is 6.04 Å². The van der Waals surface area contributed by atoms with Crippen molar-refractivity contribution in [3.05, 3.63) is 89.6 Å². The number of hydrogen-bond acceptors (Lipinski definition) is 5. The third-order valence-electron chi connectivity index (χ3n) is 7.01. The molecule has 2 aromatic carbocycles.